The molecule has 0 aromatic heterocycles. The lowest BCUT2D eigenvalue weighted by molar-refractivity contribution is 0.0943. The van der Waals surface area contributed by atoms with Crippen molar-refractivity contribution in [3.63, 3.8) is 0 Å². The summed E-state index contributed by atoms with van der Waals surface area (Å²) >= 11 is 0. The average molecular weight is 276 g/mol. The Hall–Kier alpha value is -1.84. The highest BCUT2D eigenvalue weighted by Crippen LogP contribution is 2.11. The highest BCUT2D eigenvalue weighted by atomic mass is 16.2. The van der Waals surface area contributed by atoms with E-state index in [2.05, 4.69) is 19.2 Å². The highest BCUT2D eigenvalue weighted by Gasteiger charge is 2.10. The van der Waals surface area contributed by atoms with Crippen LogP contribution in [0.5, 0.6) is 0 Å². The molecule has 0 bridgehead atoms. The maximum Gasteiger partial charge on any atom is 0.251 e. The Morgan fingerprint density at radius 2 is 1.75 bits per heavy atom. The predicted molar refractivity (Wildman–Crippen MR) is 80.6 cm³/mol. The molecular formula is C16H24N2O2. The first-order chi connectivity index (χ1) is 9.58. The van der Waals surface area contributed by atoms with Gasteiger partial charge in [0.15, 0.2) is 0 Å². The number of rotatable bonds is 8. The van der Waals surface area contributed by atoms with E-state index in [-0.39, 0.29) is 5.91 Å². The van der Waals surface area contributed by atoms with Gasteiger partial charge in [0.2, 0.25) is 5.91 Å². The number of hydrogen-bond acceptors (Lipinski definition) is 2. The minimum absolute atomic E-state index is 0.101. The van der Waals surface area contributed by atoms with Gasteiger partial charge < -0.3 is 11.1 Å². The van der Waals surface area contributed by atoms with Gasteiger partial charge in [-0.25, -0.2) is 0 Å². The molecule has 0 saturated heterocycles. The van der Waals surface area contributed by atoms with Crippen LogP contribution < -0.4 is 11.1 Å². The van der Waals surface area contributed by atoms with Crippen molar-refractivity contribution >= 4 is 11.8 Å². The molecule has 0 radical (unpaired) electrons. The van der Waals surface area contributed by atoms with Crippen LogP contribution in [0.3, 0.4) is 0 Å². The number of carbonyl (C=O) groups is 2. The SMILES string of the molecule is CCCCC(CC)CNC(=O)c1ccc(C(N)=O)cc1. The van der Waals surface area contributed by atoms with Gasteiger partial charge in [-0.3, -0.25) is 9.59 Å². The maximum absolute atomic E-state index is 12.0. The van der Waals surface area contributed by atoms with Gasteiger partial charge in [0, 0.05) is 17.7 Å². The lowest BCUT2D eigenvalue weighted by Gasteiger charge is -2.15. The van der Waals surface area contributed by atoms with Crippen LogP contribution in [0.15, 0.2) is 24.3 Å². The minimum atomic E-state index is -0.484. The smallest absolute Gasteiger partial charge is 0.251 e. The third-order valence-electron chi connectivity index (χ3n) is 3.53. The molecule has 4 heteroatoms. The molecule has 1 aromatic carbocycles. The van der Waals surface area contributed by atoms with Crippen molar-refractivity contribution in [3.05, 3.63) is 35.4 Å². The lowest BCUT2D eigenvalue weighted by atomic mass is 9.99. The lowest BCUT2D eigenvalue weighted by Crippen LogP contribution is -2.29. The molecule has 4 nitrogen and oxygen atoms in total. The summed E-state index contributed by atoms with van der Waals surface area (Å²) in [6.07, 6.45) is 4.59. The van der Waals surface area contributed by atoms with Crippen LogP contribution in [0.1, 0.15) is 60.2 Å². The van der Waals surface area contributed by atoms with Crippen molar-refractivity contribution in [2.24, 2.45) is 11.7 Å². The summed E-state index contributed by atoms with van der Waals surface area (Å²) in [4.78, 5) is 23.0. The van der Waals surface area contributed by atoms with Crippen molar-refractivity contribution in [2.75, 3.05) is 6.54 Å². The molecule has 3 N–H and O–H groups in total. The van der Waals surface area contributed by atoms with E-state index in [1.807, 2.05) is 0 Å². The molecule has 0 aliphatic rings. The zero-order valence-electron chi connectivity index (χ0n) is 12.3. The van der Waals surface area contributed by atoms with Gasteiger partial charge in [0.25, 0.3) is 5.91 Å². The van der Waals surface area contributed by atoms with Crippen molar-refractivity contribution < 1.29 is 9.59 Å². The minimum Gasteiger partial charge on any atom is -0.366 e. The molecule has 1 atom stereocenters. The van der Waals surface area contributed by atoms with E-state index in [4.69, 9.17) is 5.73 Å². The fourth-order valence-corrected chi connectivity index (χ4v) is 2.07. The third-order valence-corrected chi connectivity index (χ3v) is 3.53. The Kier molecular flexibility index (Phi) is 6.77. The fourth-order valence-electron chi connectivity index (χ4n) is 2.07. The van der Waals surface area contributed by atoms with Gasteiger partial charge in [0.1, 0.15) is 0 Å². The van der Waals surface area contributed by atoms with Crippen molar-refractivity contribution in [1.29, 1.82) is 0 Å². The van der Waals surface area contributed by atoms with Gasteiger partial charge in [0.05, 0.1) is 0 Å². The largest absolute Gasteiger partial charge is 0.366 e. The van der Waals surface area contributed by atoms with Crippen LogP contribution in [-0.4, -0.2) is 18.4 Å². The molecule has 2 amide bonds. The van der Waals surface area contributed by atoms with E-state index in [1.165, 1.54) is 12.8 Å². The second kappa shape index (κ2) is 8.35. The standard InChI is InChI=1S/C16H24N2O2/c1-3-5-6-12(4-2)11-18-16(20)14-9-7-13(8-10-14)15(17)19/h7-10,12H,3-6,11H2,1-2H3,(H2,17,19)(H,18,20). The first-order valence-corrected chi connectivity index (χ1v) is 7.26. The predicted octanol–water partition coefficient (Wildman–Crippen LogP) is 2.73. The number of hydrogen-bond donors (Lipinski definition) is 2. The number of carbonyl (C=O) groups excluding carboxylic acids is 2. The summed E-state index contributed by atoms with van der Waals surface area (Å²) < 4.78 is 0. The Morgan fingerprint density at radius 3 is 2.25 bits per heavy atom. The van der Waals surface area contributed by atoms with Gasteiger partial charge in [-0.2, -0.15) is 0 Å². The zero-order valence-corrected chi connectivity index (χ0v) is 12.3. The van der Waals surface area contributed by atoms with E-state index >= 15 is 0 Å². The van der Waals surface area contributed by atoms with E-state index in [9.17, 15) is 9.59 Å². The molecule has 0 fully saturated rings. The Bertz CT molecular complexity index is 440. The molecule has 0 spiro atoms. The summed E-state index contributed by atoms with van der Waals surface area (Å²) in [5.41, 5.74) is 6.13. The summed E-state index contributed by atoms with van der Waals surface area (Å²) in [6, 6.07) is 6.40. The molecule has 20 heavy (non-hydrogen) atoms. The second-order valence-electron chi connectivity index (χ2n) is 5.07. The second-order valence-corrected chi connectivity index (χ2v) is 5.07. The topological polar surface area (TPSA) is 72.2 Å². The first-order valence-electron chi connectivity index (χ1n) is 7.26. The van der Waals surface area contributed by atoms with Gasteiger partial charge in [-0.05, 0) is 36.6 Å². The molecule has 0 aliphatic carbocycles. The normalized spacial score (nSPS) is 11.9. The Morgan fingerprint density at radius 1 is 1.15 bits per heavy atom. The summed E-state index contributed by atoms with van der Waals surface area (Å²) in [7, 11) is 0. The molecule has 1 rings (SSSR count). The molecule has 0 aliphatic heterocycles. The van der Waals surface area contributed by atoms with E-state index in [1.54, 1.807) is 24.3 Å². The fraction of sp³-hybridized carbons (Fsp3) is 0.500. The molecule has 110 valence electrons. The first kappa shape index (κ1) is 16.2. The molecule has 1 unspecified atom stereocenters. The number of amides is 2. The zero-order chi connectivity index (χ0) is 15.0. The molecule has 0 heterocycles. The van der Waals surface area contributed by atoms with Crippen LogP contribution >= 0.6 is 0 Å². The van der Waals surface area contributed by atoms with Crippen LogP contribution in [0, 0.1) is 5.92 Å². The Labute approximate surface area is 120 Å². The molecule has 0 saturated carbocycles. The van der Waals surface area contributed by atoms with E-state index < -0.39 is 5.91 Å². The van der Waals surface area contributed by atoms with Gasteiger partial charge in [-0.15, -0.1) is 0 Å². The van der Waals surface area contributed by atoms with E-state index in [0.717, 1.165) is 12.8 Å². The monoisotopic (exact) mass is 276 g/mol. The number of primary amides is 1. The Balaban J connectivity index is 2.51. The maximum atomic E-state index is 12.0. The van der Waals surface area contributed by atoms with Crippen molar-refractivity contribution in [1.82, 2.24) is 5.32 Å². The number of benzene rings is 1. The third kappa shape index (κ3) is 5.03. The van der Waals surface area contributed by atoms with E-state index in [0.29, 0.717) is 23.6 Å². The summed E-state index contributed by atoms with van der Waals surface area (Å²) in [5.74, 6) is -0.0534. The summed E-state index contributed by atoms with van der Waals surface area (Å²) in [6.45, 7) is 5.02. The van der Waals surface area contributed by atoms with Crippen molar-refractivity contribution in [2.45, 2.75) is 39.5 Å². The molecule has 1 aromatic rings. The summed E-state index contributed by atoms with van der Waals surface area (Å²) in [5, 5.41) is 2.95. The molecular weight excluding hydrogens is 252 g/mol. The van der Waals surface area contributed by atoms with Crippen LogP contribution in [-0.2, 0) is 0 Å². The van der Waals surface area contributed by atoms with Gasteiger partial charge in [-0.1, -0.05) is 33.1 Å². The number of nitrogens with two attached hydrogens (primary N) is 1. The van der Waals surface area contributed by atoms with Crippen LogP contribution in [0.2, 0.25) is 0 Å². The number of nitrogens with one attached hydrogen (secondary N) is 1. The number of unbranched alkanes of at least 4 members (excludes halogenated alkanes) is 1. The highest BCUT2D eigenvalue weighted by molar-refractivity contribution is 5.97. The van der Waals surface area contributed by atoms with Gasteiger partial charge >= 0.3 is 0 Å². The quantitative estimate of drug-likeness (QED) is 0.766. The van der Waals surface area contributed by atoms with Crippen LogP contribution in [0.4, 0.5) is 0 Å². The van der Waals surface area contributed by atoms with Crippen LogP contribution in [0.25, 0.3) is 0 Å². The average Bonchev–Trinajstić information content (AvgIpc) is 2.47. The van der Waals surface area contributed by atoms with Crippen molar-refractivity contribution in [3.8, 4) is 0 Å².